The predicted molar refractivity (Wildman–Crippen MR) is 57.6 cm³/mol. The molecule has 4 heteroatoms. The van der Waals surface area contributed by atoms with Gasteiger partial charge in [-0.1, -0.05) is 11.6 Å². The zero-order valence-corrected chi connectivity index (χ0v) is 9.24. The molecule has 2 fully saturated rings. The highest BCUT2D eigenvalue weighted by Crippen LogP contribution is 2.42. The molecule has 1 aromatic rings. The lowest BCUT2D eigenvalue weighted by Crippen LogP contribution is -2.18. The van der Waals surface area contributed by atoms with Crippen molar-refractivity contribution in [3.05, 3.63) is 11.4 Å². The maximum atomic E-state index is 4.33. The summed E-state index contributed by atoms with van der Waals surface area (Å²) in [5.41, 5.74) is 2.60. The highest BCUT2D eigenvalue weighted by Gasteiger charge is 2.33. The summed E-state index contributed by atoms with van der Waals surface area (Å²) in [6.07, 6.45) is 6.62. The van der Waals surface area contributed by atoms with Crippen LogP contribution >= 0.6 is 0 Å². The third-order valence-electron chi connectivity index (χ3n) is 3.53. The monoisotopic (exact) mass is 206 g/mol. The number of hydrogen-bond acceptors (Lipinski definition) is 3. The average Bonchev–Trinajstić information content (AvgIpc) is 2.91. The number of hydrogen-bond donors (Lipinski definition) is 1. The Morgan fingerprint density at radius 2 is 2.13 bits per heavy atom. The second-order valence-corrected chi connectivity index (χ2v) is 4.76. The Bertz CT molecular complexity index is 349. The minimum atomic E-state index is 0.665. The molecule has 3 rings (SSSR count). The van der Waals surface area contributed by atoms with Gasteiger partial charge in [0, 0.05) is 12.5 Å². The van der Waals surface area contributed by atoms with Crippen LogP contribution in [-0.2, 0) is 6.54 Å². The molecule has 0 radical (unpaired) electrons. The summed E-state index contributed by atoms with van der Waals surface area (Å²) >= 11 is 0. The van der Waals surface area contributed by atoms with Crippen LogP contribution in [0.5, 0.6) is 0 Å². The highest BCUT2D eigenvalue weighted by atomic mass is 15.5. The highest BCUT2D eigenvalue weighted by molar-refractivity contribution is 5.19. The van der Waals surface area contributed by atoms with Crippen molar-refractivity contribution >= 4 is 0 Å². The lowest BCUT2D eigenvalue weighted by atomic mass is 9.82. The quantitative estimate of drug-likeness (QED) is 0.813. The van der Waals surface area contributed by atoms with E-state index in [-0.39, 0.29) is 0 Å². The summed E-state index contributed by atoms with van der Waals surface area (Å²) in [6.45, 7) is 0.860. The van der Waals surface area contributed by atoms with Crippen molar-refractivity contribution in [2.45, 2.75) is 50.6 Å². The molecule has 2 aliphatic carbocycles. The van der Waals surface area contributed by atoms with Crippen LogP contribution in [0.15, 0.2) is 0 Å². The van der Waals surface area contributed by atoms with E-state index >= 15 is 0 Å². The summed E-state index contributed by atoms with van der Waals surface area (Å²) in [7, 11) is 1.97. The molecule has 0 spiro atoms. The van der Waals surface area contributed by atoms with Crippen LogP contribution in [0.1, 0.15) is 55.5 Å². The van der Waals surface area contributed by atoms with Crippen molar-refractivity contribution in [3.8, 4) is 0 Å². The average molecular weight is 206 g/mol. The molecule has 1 aromatic heterocycles. The predicted octanol–water partition coefficient (Wildman–Crippen LogP) is 1.60. The normalized spacial score (nSPS) is 21.7. The van der Waals surface area contributed by atoms with Crippen molar-refractivity contribution in [2.75, 3.05) is 7.05 Å². The molecule has 0 amide bonds. The number of nitrogens with zero attached hydrogens (tertiary/aromatic N) is 3. The Hall–Kier alpha value is -0.900. The Morgan fingerprint density at radius 3 is 2.67 bits per heavy atom. The molecule has 2 aliphatic rings. The van der Waals surface area contributed by atoms with Crippen LogP contribution in [-0.4, -0.2) is 22.0 Å². The maximum absolute atomic E-state index is 4.33. The first-order chi connectivity index (χ1) is 7.40. The van der Waals surface area contributed by atoms with Crippen LogP contribution in [0.4, 0.5) is 0 Å². The van der Waals surface area contributed by atoms with Gasteiger partial charge in [-0.2, -0.15) is 0 Å². The van der Waals surface area contributed by atoms with Crippen molar-refractivity contribution < 1.29 is 0 Å². The van der Waals surface area contributed by atoms with E-state index < -0.39 is 0 Å². The van der Waals surface area contributed by atoms with Crippen LogP contribution in [0.25, 0.3) is 0 Å². The van der Waals surface area contributed by atoms with Crippen molar-refractivity contribution in [3.63, 3.8) is 0 Å². The van der Waals surface area contributed by atoms with E-state index in [4.69, 9.17) is 0 Å². The Kier molecular flexibility index (Phi) is 2.24. The van der Waals surface area contributed by atoms with Crippen LogP contribution in [0, 0.1) is 0 Å². The molecule has 82 valence electrons. The fraction of sp³-hybridized carbons (Fsp3) is 0.818. The molecule has 0 aromatic carbocycles. The molecular weight excluding hydrogens is 188 g/mol. The van der Waals surface area contributed by atoms with Gasteiger partial charge >= 0.3 is 0 Å². The van der Waals surface area contributed by atoms with Gasteiger partial charge in [0.1, 0.15) is 0 Å². The molecule has 0 aliphatic heterocycles. The molecule has 1 N–H and O–H groups in total. The minimum Gasteiger partial charge on any atom is -0.314 e. The van der Waals surface area contributed by atoms with Crippen molar-refractivity contribution in [2.24, 2.45) is 0 Å². The molecule has 15 heavy (non-hydrogen) atoms. The Labute approximate surface area is 90.0 Å². The van der Waals surface area contributed by atoms with Gasteiger partial charge in [0.2, 0.25) is 0 Å². The standard InChI is InChI=1S/C11H18N4/c1-12-7-10-11(8-3-2-4-8)15(14-13-10)9-5-6-9/h8-9,12H,2-7H2,1H3. The van der Waals surface area contributed by atoms with E-state index in [0.717, 1.165) is 12.5 Å². The first-order valence-electron chi connectivity index (χ1n) is 5.98. The largest absolute Gasteiger partial charge is 0.314 e. The third-order valence-corrected chi connectivity index (χ3v) is 3.53. The molecule has 4 nitrogen and oxygen atoms in total. The Balaban J connectivity index is 1.92. The van der Waals surface area contributed by atoms with Gasteiger partial charge in [-0.3, -0.25) is 0 Å². The summed E-state index contributed by atoms with van der Waals surface area (Å²) < 4.78 is 2.20. The zero-order chi connectivity index (χ0) is 10.3. The SMILES string of the molecule is CNCc1nnn(C2CC2)c1C1CCC1. The van der Waals surface area contributed by atoms with Crippen molar-refractivity contribution in [1.29, 1.82) is 0 Å². The van der Waals surface area contributed by atoms with Gasteiger partial charge < -0.3 is 5.32 Å². The van der Waals surface area contributed by atoms with Gasteiger partial charge in [0.15, 0.2) is 0 Å². The van der Waals surface area contributed by atoms with Crippen LogP contribution < -0.4 is 5.32 Å². The van der Waals surface area contributed by atoms with Gasteiger partial charge in [-0.15, -0.1) is 5.10 Å². The molecule has 1 heterocycles. The summed E-state index contributed by atoms with van der Waals surface area (Å²) in [4.78, 5) is 0. The first kappa shape index (κ1) is 9.33. The lowest BCUT2D eigenvalue weighted by Gasteiger charge is -2.26. The van der Waals surface area contributed by atoms with Crippen molar-refractivity contribution in [1.82, 2.24) is 20.3 Å². The summed E-state index contributed by atoms with van der Waals surface area (Å²) in [6, 6.07) is 0.665. The molecule has 0 bridgehead atoms. The Morgan fingerprint density at radius 1 is 1.33 bits per heavy atom. The molecule has 2 saturated carbocycles. The van der Waals surface area contributed by atoms with Gasteiger partial charge in [-0.25, -0.2) is 4.68 Å². The number of rotatable bonds is 4. The maximum Gasteiger partial charge on any atom is 0.0999 e. The summed E-state index contributed by atoms with van der Waals surface area (Å²) in [5.74, 6) is 0.740. The molecule has 0 saturated heterocycles. The van der Waals surface area contributed by atoms with Crippen LogP contribution in [0.2, 0.25) is 0 Å². The second kappa shape index (κ2) is 3.59. The van der Waals surface area contributed by atoms with E-state index in [1.54, 1.807) is 0 Å². The fourth-order valence-corrected chi connectivity index (χ4v) is 2.32. The van der Waals surface area contributed by atoms with E-state index in [9.17, 15) is 0 Å². The van der Waals surface area contributed by atoms with Gasteiger partial charge in [0.25, 0.3) is 0 Å². The molecule has 0 unspecified atom stereocenters. The van der Waals surface area contributed by atoms with E-state index in [2.05, 4.69) is 20.3 Å². The second-order valence-electron chi connectivity index (χ2n) is 4.76. The first-order valence-corrected chi connectivity index (χ1v) is 5.98. The van der Waals surface area contributed by atoms with Gasteiger partial charge in [0.05, 0.1) is 17.4 Å². The zero-order valence-electron chi connectivity index (χ0n) is 9.24. The lowest BCUT2D eigenvalue weighted by molar-refractivity contribution is 0.385. The van der Waals surface area contributed by atoms with E-state index in [0.29, 0.717) is 6.04 Å². The fourth-order valence-electron chi connectivity index (χ4n) is 2.32. The topological polar surface area (TPSA) is 42.7 Å². The van der Waals surface area contributed by atoms with Crippen LogP contribution in [0.3, 0.4) is 0 Å². The third kappa shape index (κ3) is 1.57. The minimum absolute atomic E-state index is 0.665. The molecular formula is C11H18N4. The van der Waals surface area contributed by atoms with E-state index in [1.165, 1.54) is 43.5 Å². The number of aromatic nitrogens is 3. The van der Waals surface area contributed by atoms with E-state index in [1.807, 2.05) is 7.05 Å². The summed E-state index contributed by atoms with van der Waals surface area (Å²) in [5, 5.41) is 11.8. The number of nitrogens with one attached hydrogen (secondary N) is 1. The smallest absolute Gasteiger partial charge is 0.0999 e. The molecule has 0 atom stereocenters. The van der Waals surface area contributed by atoms with Gasteiger partial charge in [-0.05, 0) is 32.7 Å².